The summed E-state index contributed by atoms with van der Waals surface area (Å²) in [6.07, 6.45) is 6.83. The van der Waals surface area contributed by atoms with Gasteiger partial charge in [-0.05, 0) is 48.6 Å². The number of rotatable bonds is 4. The highest BCUT2D eigenvalue weighted by molar-refractivity contribution is 7.99. The molecule has 1 fully saturated rings. The Labute approximate surface area is 134 Å². The number of benzene rings is 1. The second kappa shape index (κ2) is 6.34. The first kappa shape index (κ1) is 15.4. The molecular formula is C19H29NS. The molecule has 0 saturated heterocycles. The molecule has 1 aliphatic heterocycles. The summed E-state index contributed by atoms with van der Waals surface area (Å²) in [6.45, 7) is 7.25. The average molecular weight is 304 g/mol. The number of fused-ring (bicyclic) bond motifs is 1. The number of thioether (sulfide) groups is 1. The molecule has 0 bridgehead atoms. The molecule has 1 aliphatic carbocycles. The standard InChI is InChI=1S/C19H29NS/c1-4-19(2,3)14-9-11-15(12-10-14)20-17-13-21-18-8-6-5-7-16(17)18/h5-8,14-15,17,20H,4,9-13H2,1-3H3. The van der Waals surface area contributed by atoms with Gasteiger partial charge in [-0.1, -0.05) is 45.4 Å². The van der Waals surface area contributed by atoms with E-state index in [2.05, 4.69) is 50.4 Å². The summed E-state index contributed by atoms with van der Waals surface area (Å²) in [5.74, 6) is 2.13. The lowest BCUT2D eigenvalue weighted by atomic mass is 9.69. The lowest BCUT2D eigenvalue weighted by Crippen LogP contribution is -2.38. The van der Waals surface area contributed by atoms with Gasteiger partial charge in [0.1, 0.15) is 0 Å². The predicted molar refractivity (Wildman–Crippen MR) is 92.9 cm³/mol. The summed E-state index contributed by atoms with van der Waals surface area (Å²) >= 11 is 2.01. The van der Waals surface area contributed by atoms with Crippen molar-refractivity contribution in [1.82, 2.24) is 5.32 Å². The summed E-state index contributed by atoms with van der Waals surface area (Å²) in [6, 6.07) is 10.2. The number of nitrogens with one attached hydrogen (secondary N) is 1. The third-order valence-corrected chi connectivity index (χ3v) is 7.06. The third kappa shape index (κ3) is 3.32. The van der Waals surface area contributed by atoms with E-state index in [-0.39, 0.29) is 0 Å². The molecule has 1 heterocycles. The Bertz CT molecular complexity index is 474. The zero-order valence-electron chi connectivity index (χ0n) is 13.7. The molecule has 2 heteroatoms. The van der Waals surface area contributed by atoms with E-state index in [4.69, 9.17) is 0 Å². The molecule has 1 nitrogen and oxygen atoms in total. The van der Waals surface area contributed by atoms with E-state index < -0.39 is 0 Å². The summed E-state index contributed by atoms with van der Waals surface area (Å²) < 4.78 is 0. The van der Waals surface area contributed by atoms with Crippen molar-refractivity contribution in [2.24, 2.45) is 11.3 Å². The largest absolute Gasteiger partial charge is 0.306 e. The lowest BCUT2D eigenvalue weighted by Gasteiger charge is -2.39. The van der Waals surface area contributed by atoms with Crippen LogP contribution in [-0.4, -0.2) is 11.8 Å². The second-order valence-corrected chi connectivity index (χ2v) is 8.52. The van der Waals surface area contributed by atoms with Crippen LogP contribution < -0.4 is 5.32 Å². The summed E-state index contributed by atoms with van der Waals surface area (Å²) in [5.41, 5.74) is 2.05. The molecule has 1 unspecified atom stereocenters. The zero-order chi connectivity index (χ0) is 14.9. The molecule has 0 spiro atoms. The summed E-state index contributed by atoms with van der Waals surface area (Å²) in [5, 5.41) is 3.94. The van der Waals surface area contributed by atoms with Crippen molar-refractivity contribution in [3.05, 3.63) is 29.8 Å². The maximum atomic E-state index is 3.94. The van der Waals surface area contributed by atoms with E-state index in [0.717, 1.165) is 12.0 Å². The summed E-state index contributed by atoms with van der Waals surface area (Å²) in [4.78, 5) is 1.48. The first-order valence-electron chi connectivity index (χ1n) is 8.58. The van der Waals surface area contributed by atoms with Crippen LogP contribution >= 0.6 is 11.8 Å². The van der Waals surface area contributed by atoms with Gasteiger partial charge in [-0.25, -0.2) is 0 Å². The molecule has 0 aromatic heterocycles. The minimum absolute atomic E-state index is 0.529. The molecule has 0 amide bonds. The fraction of sp³-hybridized carbons (Fsp3) is 0.684. The van der Waals surface area contributed by atoms with Crippen LogP contribution in [0.1, 0.15) is 64.5 Å². The van der Waals surface area contributed by atoms with Gasteiger partial charge in [-0.15, -0.1) is 11.8 Å². The van der Waals surface area contributed by atoms with Crippen molar-refractivity contribution >= 4 is 11.8 Å². The molecule has 1 aromatic carbocycles. The minimum atomic E-state index is 0.529. The van der Waals surface area contributed by atoms with E-state index in [9.17, 15) is 0 Å². The van der Waals surface area contributed by atoms with E-state index in [0.29, 0.717) is 11.5 Å². The topological polar surface area (TPSA) is 12.0 Å². The van der Waals surface area contributed by atoms with Crippen LogP contribution in [-0.2, 0) is 0 Å². The van der Waals surface area contributed by atoms with Gasteiger partial charge in [0.25, 0.3) is 0 Å². The normalized spacial score (nSPS) is 29.4. The summed E-state index contributed by atoms with van der Waals surface area (Å²) in [7, 11) is 0. The van der Waals surface area contributed by atoms with Gasteiger partial charge in [0.2, 0.25) is 0 Å². The van der Waals surface area contributed by atoms with Gasteiger partial charge >= 0.3 is 0 Å². The molecule has 116 valence electrons. The van der Waals surface area contributed by atoms with Crippen LogP contribution in [0.3, 0.4) is 0 Å². The highest BCUT2D eigenvalue weighted by Crippen LogP contribution is 2.42. The molecule has 21 heavy (non-hydrogen) atoms. The highest BCUT2D eigenvalue weighted by atomic mass is 32.2. The maximum Gasteiger partial charge on any atom is 0.0428 e. The predicted octanol–water partition coefficient (Wildman–Crippen LogP) is 5.42. The Morgan fingerprint density at radius 3 is 2.57 bits per heavy atom. The van der Waals surface area contributed by atoms with Gasteiger partial charge in [0.15, 0.2) is 0 Å². The van der Waals surface area contributed by atoms with E-state index >= 15 is 0 Å². The van der Waals surface area contributed by atoms with E-state index in [1.54, 1.807) is 0 Å². The molecule has 3 rings (SSSR count). The quantitative estimate of drug-likeness (QED) is 0.797. The van der Waals surface area contributed by atoms with Crippen molar-refractivity contribution < 1.29 is 0 Å². The molecule has 2 aliphatic rings. The zero-order valence-corrected chi connectivity index (χ0v) is 14.5. The van der Waals surface area contributed by atoms with Gasteiger partial charge in [-0.2, -0.15) is 0 Å². The van der Waals surface area contributed by atoms with Crippen LogP contribution in [0.2, 0.25) is 0 Å². The SMILES string of the molecule is CCC(C)(C)C1CCC(NC2CSc3ccccc32)CC1. The van der Waals surface area contributed by atoms with Crippen molar-refractivity contribution in [1.29, 1.82) is 0 Å². The Balaban J connectivity index is 1.55. The van der Waals surface area contributed by atoms with Crippen LogP contribution in [0, 0.1) is 11.3 Å². The Morgan fingerprint density at radius 2 is 1.86 bits per heavy atom. The van der Waals surface area contributed by atoms with Crippen LogP contribution in [0.15, 0.2) is 29.2 Å². The van der Waals surface area contributed by atoms with Gasteiger partial charge in [-0.3, -0.25) is 0 Å². The third-order valence-electron chi connectivity index (χ3n) is 5.88. The molecule has 1 saturated carbocycles. The van der Waals surface area contributed by atoms with Crippen molar-refractivity contribution in [3.8, 4) is 0 Å². The van der Waals surface area contributed by atoms with Gasteiger partial charge in [0, 0.05) is 22.7 Å². The fourth-order valence-corrected chi connectivity index (χ4v) is 5.09. The molecule has 0 radical (unpaired) electrons. The molecule has 1 N–H and O–H groups in total. The van der Waals surface area contributed by atoms with Crippen LogP contribution in [0.5, 0.6) is 0 Å². The lowest BCUT2D eigenvalue weighted by molar-refractivity contribution is 0.134. The monoisotopic (exact) mass is 303 g/mol. The van der Waals surface area contributed by atoms with Crippen molar-refractivity contribution in [2.45, 2.75) is 69.9 Å². The molecule has 1 atom stereocenters. The smallest absolute Gasteiger partial charge is 0.0428 e. The van der Waals surface area contributed by atoms with Crippen LogP contribution in [0.4, 0.5) is 0 Å². The highest BCUT2D eigenvalue weighted by Gasteiger charge is 2.33. The average Bonchev–Trinajstić information content (AvgIpc) is 2.91. The van der Waals surface area contributed by atoms with Crippen LogP contribution in [0.25, 0.3) is 0 Å². The minimum Gasteiger partial charge on any atom is -0.306 e. The molecule has 1 aromatic rings. The van der Waals surface area contributed by atoms with Crippen molar-refractivity contribution in [3.63, 3.8) is 0 Å². The second-order valence-electron chi connectivity index (χ2n) is 7.46. The first-order chi connectivity index (χ1) is 10.1. The molecular weight excluding hydrogens is 274 g/mol. The number of hydrogen-bond donors (Lipinski definition) is 1. The Morgan fingerprint density at radius 1 is 1.14 bits per heavy atom. The Hall–Kier alpha value is -0.470. The van der Waals surface area contributed by atoms with Gasteiger partial charge in [0.05, 0.1) is 0 Å². The number of hydrogen-bond acceptors (Lipinski definition) is 2. The first-order valence-corrected chi connectivity index (χ1v) is 9.56. The van der Waals surface area contributed by atoms with Gasteiger partial charge < -0.3 is 5.32 Å². The maximum absolute atomic E-state index is 3.94. The Kier molecular flexibility index (Phi) is 4.66. The fourth-order valence-electron chi connectivity index (χ4n) is 3.92. The van der Waals surface area contributed by atoms with E-state index in [1.165, 1.54) is 48.3 Å². The van der Waals surface area contributed by atoms with E-state index in [1.807, 2.05) is 11.8 Å². The van der Waals surface area contributed by atoms with Crippen molar-refractivity contribution in [2.75, 3.05) is 5.75 Å².